The van der Waals surface area contributed by atoms with Crippen molar-refractivity contribution >= 4 is 22.6 Å². The van der Waals surface area contributed by atoms with E-state index < -0.39 is 5.97 Å². The number of nitrogens with two attached hydrogens (primary N) is 1. The van der Waals surface area contributed by atoms with Crippen LogP contribution in [0.4, 0.5) is 5.69 Å². The van der Waals surface area contributed by atoms with Crippen LogP contribution in [-0.4, -0.2) is 18.2 Å². The zero-order valence-corrected chi connectivity index (χ0v) is 7.98. The van der Waals surface area contributed by atoms with Gasteiger partial charge in [0.15, 0.2) is 11.3 Å². The zero-order chi connectivity index (χ0) is 11.0. The van der Waals surface area contributed by atoms with E-state index in [1.54, 1.807) is 18.2 Å². The van der Waals surface area contributed by atoms with Crippen LogP contribution in [0.1, 0.15) is 10.6 Å². The molecule has 5 heteroatoms. The lowest BCUT2D eigenvalue weighted by molar-refractivity contribution is 0.0666. The van der Waals surface area contributed by atoms with E-state index in [1.807, 2.05) is 0 Å². The van der Waals surface area contributed by atoms with Crippen LogP contribution in [0.2, 0.25) is 0 Å². The highest BCUT2D eigenvalue weighted by atomic mass is 16.5. The first-order valence-corrected chi connectivity index (χ1v) is 4.23. The molecule has 0 saturated carbocycles. The van der Waals surface area contributed by atoms with E-state index in [1.165, 1.54) is 7.11 Å². The van der Waals surface area contributed by atoms with Crippen LogP contribution in [0.15, 0.2) is 22.6 Å². The van der Waals surface area contributed by atoms with Gasteiger partial charge in [0.05, 0.1) is 12.8 Å². The summed E-state index contributed by atoms with van der Waals surface area (Å²) in [5, 5.41) is 9.36. The molecule has 1 aromatic heterocycles. The van der Waals surface area contributed by atoms with Gasteiger partial charge in [-0.3, -0.25) is 0 Å². The Balaban J connectivity index is 2.81. The number of furan rings is 1. The predicted molar refractivity (Wildman–Crippen MR) is 54.1 cm³/mol. The van der Waals surface area contributed by atoms with E-state index in [-0.39, 0.29) is 11.4 Å². The molecule has 1 heterocycles. The molecule has 0 bridgehead atoms. The van der Waals surface area contributed by atoms with Gasteiger partial charge in [0, 0.05) is 5.39 Å². The summed E-state index contributed by atoms with van der Waals surface area (Å²) in [5.74, 6) is -0.980. The Hall–Kier alpha value is -2.17. The third kappa shape index (κ3) is 1.28. The lowest BCUT2D eigenvalue weighted by Gasteiger charge is -1.98. The number of anilines is 1. The van der Waals surface area contributed by atoms with Gasteiger partial charge in [-0.15, -0.1) is 0 Å². The summed E-state index contributed by atoms with van der Waals surface area (Å²) in [7, 11) is 1.48. The van der Waals surface area contributed by atoms with Crippen molar-refractivity contribution in [2.45, 2.75) is 0 Å². The first-order valence-electron chi connectivity index (χ1n) is 4.23. The number of carbonyl (C=O) groups is 1. The molecule has 5 nitrogen and oxygen atoms in total. The molecule has 0 aliphatic rings. The van der Waals surface area contributed by atoms with E-state index in [0.717, 1.165) is 0 Å². The molecular formula is C10H9NO4. The van der Waals surface area contributed by atoms with Crippen molar-refractivity contribution in [3.8, 4) is 5.75 Å². The molecule has 0 radical (unpaired) electrons. The summed E-state index contributed by atoms with van der Waals surface area (Å²) in [6, 6.07) is 5.08. The maximum atomic E-state index is 10.8. The third-order valence-corrected chi connectivity index (χ3v) is 2.13. The number of ether oxygens (including phenoxy) is 1. The molecule has 3 N–H and O–H groups in total. The highest BCUT2D eigenvalue weighted by Crippen LogP contribution is 2.34. The number of hydrogen-bond donors (Lipinski definition) is 2. The second-order valence-electron chi connectivity index (χ2n) is 2.99. The average Bonchev–Trinajstić information content (AvgIpc) is 2.56. The van der Waals surface area contributed by atoms with Crippen LogP contribution in [-0.2, 0) is 0 Å². The van der Waals surface area contributed by atoms with Crippen LogP contribution in [0.25, 0.3) is 11.0 Å². The number of rotatable bonds is 2. The molecule has 0 amide bonds. The minimum Gasteiger partial charge on any atom is -0.493 e. The van der Waals surface area contributed by atoms with Crippen molar-refractivity contribution in [2.75, 3.05) is 12.8 Å². The van der Waals surface area contributed by atoms with Crippen molar-refractivity contribution < 1.29 is 19.1 Å². The number of nitrogen functional groups attached to an aromatic ring is 1. The number of hydrogen-bond acceptors (Lipinski definition) is 4. The lowest BCUT2D eigenvalue weighted by atomic mass is 10.2. The molecule has 1 aromatic carbocycles. The van der Waals surface area contributed by atoms with Crippen LogP contribution in [0.5, 0.6) is 5.75 Å². The second kappa shape index (κ2) is 3.20. The quantitative estimate of drug-likeness (QED) is 0.783. The molecular weight excluding hydrogens is 198 g/mol. The number of carboxylic acids is 1. The topological polar surface area (TPSA) is 85.7 Å². The van der Waals surface area contributed by atoms with Gasteiger partial charge >= 0.3 is 5.97 Å². The third-order valence-electron chi connectivity index (χ3n) is 2.13. The van der Waals surface area contributed by atoms with E-state index in [0.29, 0.717) is 16.7 Å². The van der Waals surface area contributed by atoms with Gasteiger partial charge in [-0.25, -0.2) is 4.79 Å². The Bertz CT molecular complexity index is 529. The number of methoxy groups -OCH3 is 1. The Morgan fingerprint density at radius 3 is 2.87 bits per heavy atom. The van der Waals surface area contributed by atoms with Crippen molar-refractivity contribution in [1.82, 2.24) is 0 Å². The molecule has 0 unspecified atom stereocenters. The maximum absolute atomic E-state index is 10.8. The standard InChI is InChI=1S/C10H9NO4/c1-14-6-4-2-3-5-7(11)9(10(12)13)15-8(5)6/h2-4H,11H2,1H3,(H,12,13). The molecule has 2 aromatic rings. The number of carboxylic acid groups (broad SMARTS) is 1. The number of benzene rings is 1. The van der Waals surface area contributed by atoms with Gasteiger partial charge in [-0.2, -0.15) is 0 Å². The largest absolute Gasteiger partial charge is 0.493 e. The van der Waals surface area contributed by atoms with Crippen LogP contribution >= 0.6 is 0 Å². The summed E-state index contributed by atoms with van der Waals surface area (Å²) >= 11 is 0. The molecule has 0 fully saturated rings. The first-order chi connectivity index (χ1) is 7.15. The number of aromatic carboxylic acids is 1. The Morgan fingerprint density at radius 1 is 1.53 bits per heavy atom. The van der Waals surface area contributed by atoms with Gasteiger partial charge < -0.3 is 20.0 Å². The van der Waals surface area contributed by atoms with Crippen molar-refractivity contribution in [1.29, 1.82) is 0 Å². The monoisotopic (exact) mass is 207 g/mol. The van der Waals surface area contributed by atoms with Crippen molar-refractivity contribution in [3.63, 3.8) is 0 Å². The Labute approximate surface area is 85.0 Å². The van der Waals surface area contributed by atoms with E-state index in [9.17, 15) is 4.79 Å². The molecule has 0 aliphatic heterocycles. The maximum Gasteiger partial charge on any atom is 0.374 e. The van der Waals surface area contributed by atoms with Gasteiger partial charge in [0.2, 0.25) is 5.76 Å². The minimum absolute atomic E-state index is 0.122. The fourth-order valence-electron chi connectivity index (χ4n) is 1.43. The highest BCUT2D eigenvalue weighted by Gasteiger charge is 2.19. The predicted octanol–water partition coefficient (Wildman–Crippen LogP) is 1.72. The Kier molecular flexibility index (Phi) is 2.00. The van der Waals surface area contributed by atoms with Gasteiger partial charge in [-0.05, 0) is 12.1 Å². The molecule has 2 rings (SSSR count). The average molecular weight is 207 g/mol. The molecule has 78 valence electrons. The Morgan fingerprint density at radius 2 is 2.27 bits per heavy atom. The zero-order valence-electron chi connectivity index (χ0n) is 7.98. The fraction of sp³-hybridized carbons (Fsp3) is 0.100. The highest BCUT2D eigenvalue weighted by molar-refractivity contribution is 6.04. The molecule has 0 aliphatic carbocycles. The smallest absolute Gasteiger partial charge is 0.374 e. The van der Waals surface area contributed by atoms with Crippen LogP contribution < -0.4 is 10.5 Å². The summed E-state index contributed by atoms with van der Waals surface area (Å²) < 4.78 is 10.2. The van der Waals surface area contributed by atoms with Crippen molar-refractivity contribution in [3.05, 3.63) is 24.0 Å². The summed E-state index contributed by atoms with van der Waals surface area (Å²) in [4.78, 5) is 10.8. The lowest BCUT2D eigenvalue weighted by Crippen LogP contribution is -1.98. The van der Waals surface area contributed by atoms with E-state index in [4.69, 9.17) is 20.0 Å². The number of para-hydroxylation sites is 1. The minimum atomic E-state index is -1.19. The molecule has 0 saturated heterocycles. The summed E-state index contributed by atoms with van der Waals surface area (Å²) in [6.07, 6.45) is 0. The fourth-order valence-corrected chi connectivity index (χ4v) is 1.43. The van der Waals surface area contributed by atoms with Gasteiger partial charge in [-0.1, -0.05) is 6.07 Å². The summed E-state index contributed by atoms with van der Waals surface area (Å²) in [5.41, 5.74) is 6.11. The SMILES string of the molecule is COc1cccc2c(N)c(C(=O)O)oc12. The second-order valence-corrected chi connectivity index (χ2v) is 2.99. The van der Waals surface area contributed by atoms with Crippen LogP contribution in [0, 0.1) is 0 Å². The molecule has 0 spiro atoms. The van der Waals surface area contributed by atoms with Gasteiger partial charge in [0.25, 0.3) is 0 Å². The van der Waals surface area contributed by atoms with E-state index >= 15 is 0 Å². The molecule has 0 atom stereocenters. The van der Waals surface area contributed by atoms with Crippen LogP contribution in [0.3, 0.4) is 0 Å². The first kappa shape index (κ1) is 9.39. The number of fused-ring (bicyclic) bond motifs is 1. The molecule has 15 heavy (non-hydrogen) atoms. The van der Waals surface area contributed by atoms with E-state index in [2.05, 4.69) is 0 Å². The normalized spacial score (nSPS) is 10.5. The van der Waals surface area contributed by atoms with Crippen molar-refractivity contribution in [2.24, 2.45) is 0 Å². The van der Waals surface area contributed by atoms with Gasteiger partial charge in [0.1, 0.15) is 0 Å². The summed E-state index contributed by atoms with van der Waals surface area (Å²) in [6.45, 7) is 0.